The van der Waals surface area contributed by atoms with Gasteiger partial charge in [-0.2, -0.15) is 15.0 Å². The van der Waals surface area contributed by atoms with Crippen molar-refractivity contribution in [2.24, 2.45) is 5.84 Å². The Bertz CT molecular complexity index is 334. The lowest BCUT2D eigenvalue weighted by Crippen LogP contribution is -2.18. The lowest BCUT2D eigenvalue weighted by Gasteiger charge is -2.11. The zero-order chi connectivity index (χ0) is 12.0. The van der Waals surface area contributed by atoms with E-state index in [1.54, 1.807) is 12.0 Å². The van der Waals surface area contributed by atoms with Crippen molar-refractivity contribution in [3.8, 4) is 0 Å². The molecule has 16 heavy (non-hydrogen) atoms. The summed E-state index contributed by atoms with van der Waals surface area (Å²) in [5.41, 5.74) is 2.42. The highest BCUT2D eigenvalue weighted by atomic mass is 32.2. The van der Waals surface area contributed by atoms with E-state index in [4.69, 9.17) is 10.6 Å². The van der Waals surface area contributed by atoms with Crippen LogP contribution in [0.3, 0.4) is 0 Å². The molecule has 8 heteroatoms. The second kappa shape index (κ2) is 6.46. The number of hydrazine groups is 1. The van der Waals surface area contributed by atoms with E-state index >= 15 is 0 Å². The molecule has 7 nitrogen and oxygen atoms in total. The van der Waals surface area contributed by atoms with Crippen molar-refractivity contribution in [2.45, 2.75) is 5.16 Å². The fourth-order valence-electron chi connectivity index (χ4n) is 0.891. The number of methoxy groups -OCH3 is 1. The number of anilines is 2. The fraction of sp³-hybridized carbons (Fsp3) is 0.625. The average Bonchev–Trinajstić information content (AvgIpc) is 2.29. The van der Waals surface area contributed by atoms with E-state index in [1.165, 1.54) is 11.8 Å². The van der Waals surface area contributed by atoms with E-state index in [1.807, 2.05) is 14.1 Å². The summed E-state index contributed by atoms with van der Waals surface area (Å²) in [4.78, 5) is 14.3. The molecular weight excluding hydrogens is 228 g/mol. The van der Waals surface area contributed by atoms with Gasteiger partial charge in [0, 0.05) is 27.0 Å². The molecular formula is C8H16N6OS. The van der Waals surface area contributed by atoms with Crippen molar-refractivity contribution < 1.29 is 4.74 Å². The molecule has 0 saturated carbocycles. The first-order valence-corrected chi connectivity index (χ1v) is 5.67. The van der Waals surface area contributed by atoms with E-state index in [-0.39, 0.29) is 0 Å². The fourth-order valence-corrected chi connectivity index (χ4v) is 1.62. The first-order chi connectivity index (χ1) is 7.67. The maximum Gasteiger partial charge on any atom is 0.242 e. The van der Waals surface area contributed by atoms with Gasteiger partial charge in [0.05, 0.1) is 6.61 Å². The van der Waals surface area contributed by atoms with Gasteiger partial charge in [-0.25, -0.2) is 5.84 Å². The molecule has 0 spiro atoms. The van der Waals surface area contributed by atoms with E-state index in [0.29, 0.717) is 23.7 Å². The molecule has 0 atom stereocenters. The topological polar surface area (TPSA) is 89.2 Å². The molecule has 0 aromatic carbocycles. The van der Waals surface area contributed by atoms with Crippen LogP contribution in [0, 0.1) is 0 Å². The molecule has 0 aliphatic carbocycles. The summed E-state index contributed by atoms with van der Waals surface area (Å²) in [7, 11) is 5.38. The number of ether oxygens (including phenoxy) is 1. The maximum atomic E-state index is 5.29. The number of nitrogen functional groups attached to an aromatic ring is 1. The molecule has 0 radical (unpaired) electrons. The van der Waals surface area contributed by atoms with Crippen molar-refractivity contribution in [1.82, 2.24) is 15.0 Å². The molecule has 0 bridgehead atoms. The highest BCUT2D eigenvalue weighted by Gasteiger charge is 2.07. The van der Waals surface area contributed by atoms with Crippen LogP contribution in [0.15, 0.2) is 5.16 Å². The third kappa shape index (κ3) is 3.80. The van der Waals surface area contributed by atoms with Gasteiger partial charge in [-0.3, -0.25) is 5.43 Å². The molecule has 0 amide bonds. The Morgan fingerprint density at radius 2 is 2.12 bits per heavy atom. The minimum Gasteiger partial charge on any atom is -0.384 e. The molecule has 0 unspecified atom stereocenters. The van der Waals surface area contributed by atoms with Crippen LogP contribution in [0.4, 0.5) is 11.9 Å². The Morgan fingerprint density at radius 3 is 2.69 bits per heavy atom. The molecule has 90 valence electrons. The standard InChI is InChI=1S/C8H16N6OS/c1-14(2)7-10-6(13-9)11-8(12-7)16-5-4-15-3/h4-5,9H2,1-3H3,(H,10,11,12,13). The molecule has 1 heterocycles. The van der Waals surface area contributed by atoms with Crippen LogP contribution >= 0.6 is 11.8 Å². The number of aromatic nitrogens is 3. The van der Waals surface area contributed by atoms with Gasteiger partial charge in [-0.15, -0.1) is 0 Å². The number of hydrogen-bond donors (Lipinski definition) is 2. The molecule has 0 aliphatic heterocycles. The van der Waals surface area contributed by atoms with Gasteiger partial charge in [0.1, 0.15) is 0 Å². The lowest BCUT2D eigenvalue weighted by atomic mass is 10.8. The minimum absolute atomic E-state index is 0.360. The summed E-state index contributed by atoms with van der Waals surface area (Å²) < 4.78 is 4.96. The van der Waals surface area contributed by atoms with Crippen LogP contribution in [-0.4, -0.2) is 48.5 Å². The van der Waals surface area contributed by atoms with Crippen LogP contribution in [0.2, 0.25) is 0 Å². The lowest BCUT2D eigenvalue weighted by molar-refractivity contribution is 0.218. The number of nitrogens with zero attached hydrogens (tertiary/aromatic N) is 4. The third-order valence-electron chi connectivity index (χ3n) is 1.65. The molecule has 3 N–H and O–H groups in total. The Kier molecular flexibility index (Phi) is 5.23. The summed E-state index contributed by atoms with van der Waals surface area (Å²) in [6, 6.07) is 0. The summed E-state index contributed by atoms with van der Waals surface area (Å²) in [6.07, 6.45) is 0. The number of hydrogen-bond acceptors (Lipinski definition) is 8. The number of nitrogens with two attached hydrogens (primary N) is 1. The Balaban J connectivity index is 2.78. The highest BCUT2D eigenvalue weighted by molar-refractivity contribution is 7.99. The number of thioether (sulfide) groups is 1. The first kappa shape index (κ1) is 12.9. The van der Waals surface area contributed by atoms with Crippen molar-refractivity contribution in [3.63, 3.8) is 0 Å². The molecule has 0 fully saturated rings. The predicted octanol–water partition coefficient (Wildman–Crippen LogP) is -0.0383. The summed E-state index contributed by atoms with van der Waals surface area (Å²) in [5, 5.41) is 0.628. The molecule has 1 rings (SSSR count). The largest absolute Gasteiger partial charge is 0.384 e. The third-order valence-corrected chi connectivity index (χ3v) is 2.46. The second-order valence-corrected chi connectivity index (χ2v) is 4.18. The number of rotatable bonds is 6. The Hall–Kier alpha value is -1.12. The number of nitrogens with one attached hydrogen (secondary N) is 1. The van der Waals surface area contributed by atoms with Crippen molar-refractivity contribution >= 4 is 23.7 Å². The molecule has 1 aromatic rings. The van der Waals surface area contributed by atoms with Crippen LogP contribution in [0.1, 0.15) is 0 Å². The zero-order valence-corrected chi connectivity index (χ0v) is 10.4. The van der Waals surface area contributed by atoms with Crippen molar-refractivity contribution in [3.05, 3.63) is 0 Å². The van der Waals surface area contributed by atoms with Crippen LogP contribution in [0.5, 0.6) is 0 Å². The smallest absolute Gasteiger partial charge is 0.242 e. The van der Waals surface area contributed by atoms with Gasteiger partial charge in [0.25, 0.3) is 0 Å². The predicted molar refractivity (Wildman–Crippen MR) is 64.6 cm³/mol. The minimum atomic E-state index is 0.360. The van der Waals surface area contributed by atoms with E-state index in [2.05, 4.69) is 20.4 Å². The van der Waals surface area contributed by atoms with Gasteiger partial charge in [0.2, 0.25) is 11.9 Å². The van der Waals surface area contributed by atoms with Gasteiger partial charge < -0.3 is 9.64 Å². The monoisotopic (exact) mass is 244 g/mol. The second-order valence-electron chi connectivity index (χ2n) is 3.12. The van der Waals surface area contributed by atoms with Crippen LogP contribution in [0.25, 0.3) is 0 Å². The van der Waals surface area contributed by atoms with Gasteiger partial charge in [0.15, 0.2) is 5.16 Å². The van der Waals surface area contributed by atoms with Crippen molar-refractivity contribution in [2.75, 3.05) is 43.9 Å². The molecule has 0 aliphatic rings. The Morgan fingerprint density at radius 1 is 1.38 bits per heavy atom. The first-order valence-electron chi connectivity index (χ1n) is 4.69. The SMILES string of the molecule is COCCSc1nc(NN)nc(N(C)C)n1. The average molecular weight is 244 g/mol. The van der Waals surface area contributed by atoms with Gasteiger partial charge in [-0.1, -0.05) is 11.8 Å². The van der Waals surface area contributed by atoms with Crippen LogP contribution in [-0.2, 0) is 4.74 Å². The summed E-state index contributed by atoms with van der Waals surface area (Å²) >= 11 is 1.50. The van der Waals surface area contributed by atoms with Gasteiger partial charge in [-0.05, 0) is 0 Å². The summed E-state index contributed by atoms with van der Waals surface area (Å²) in [6.45, 7) is 0.652. The molecule has 1 aromatic heterocycles. The van der Waals surface area contributed by atoms with Crippen LogP contribution < -0.4 is 16.2 Å². The van der Waals surface area contributed by atoms with E-state index in [0.717, 1.165) is 5.75 Å². The van der Waals surface area contributed by atoms with E-state index < -0.39 is 0 Å². The van der Waals surface area contributed by atoms with E-state index in [9.17, 15) is 0 Å². The normalized spacial score (nSPS) is 10.2. The van der Waals surface area contributed by atoms with Gasteiger partial charge >= 0.3 is 0 Å². The molecule has 0 saturated heterocycles. The Labute approximate surface area is 98.8 Å². The van der Waals surface area contributed by atoms with Crippen molar-refractivity contribution in [1.29, 1.82) is 0 Å². The summed E-state index contributed by atoms with van der Waals surface area (Å²) in [5.74, 6) is 7.01. The highest BCUT2D eigenvalue weighted by Crippen LogP contribution is 2.16. The quantitative estimate of drug-likeness (QED) is 0.312. The maximum absolute atomic E-state index is 5.29. The zero-order valence-electron chi connectivity index (χ0n) is 9.60.